The van der Waals surface area contributed by atoms with Crippen LogP contribution in [0.3, 0.4) is 0 Å². The third-order valence-corrected chi connectivity index (χ3v) is 8.42. The molecule has 2 heterocycles. The number of methoxy groups -OCH3 is 2. The van der Waals surface area contributed by atoms with E-state index in [0.717, 1.165) is 35.4 Å². The van der Waals surface area contributed by atoms with E-state index in [1.165, 1.54) is 0 Å². The number of benzene rings is 4. The lowest BCUT2D eigenvalue weighted by molar-refractivity contribution is -0.140. The Hall–Kier alpha value is -5.42. The van der Waals surface area contributed by atoms with Gasteiger partial charge >= 0.3 is 0 Å². The van der Waals surface area contributed by atoms with E-state index in [1.807, 2.05) is 79.7 Å². The lowest BCUT2D eigenvalue weighted by Crippen LogP contribution is -2.42. The average molecular weight is 635 g/mol. The fourth-order valence-electron chi connectivity index (χ4n) is 5.83. The molecule has 1 aliphatic rings. The number of nitrogens with one attached hydrogen (secondary N) is 1. The Morgan fingerprint density at radius 1 is 0.915 bits per heavy atom. The van der Waals surface area contributed by atoms with E-state index in [0.29, 0.717) is 41.5 Å². The van der Waals surface area contributed by atoms with Crippen molar-refractivity contribution in [2.75, 3.05) is 50.7 Å². The first-order chi connectivity index (χ1) is 22.9. The normalized spacial score (nSPS) is 13.6. The summed E-state index contributed by atoms with van der Waals surface area (Å²) in [7, 11) is 3.09. The minimum absolute atomic E-state index is 0.113. The molecule has 2 amide bonds. The zero-order chi connectivity index (χ0) is 32.8. The van der Waals surface area contributed by atoms with Crippen molar-refractivity contribution in [3.8, 4) is 11.5 Å². The number of carbonyl (C=O) groups is 2. The molecule has 1 saturated heterocycles. The summed E-state index contributed by atoms with van der Waals surface area (Å²) < 4.78 is 18.1. The Bertz CT molecular complexity index is 1850. The molecule has 1 fully saturated rings. The molecule has 1 atom stereocenters. The summed E-state index contributed by atoms with van der Waals surface area (Å²) in [6.45, 7) is 5.04. The van der Waals surface area contributed by atoms with Crippen LogP contribution in [0.15, 0.2) is 91.0 Å². The molecular formula is C36H38N6O5. The van der Waals surface area contributed by atoms with Gasteiger partial charge in [0.25, 0.3) is 5.91 Å². The summed E-state index contributed by atoms with van der Waals surface area (Å²) >= 11 is 0. The number of fused-ring (bicyclic) bond motifs is 1. The van der Waals surface area contributed by atoms with Crippen molar-refractivity contribution in [3.05, 3.63) is 108 Å². The number of rotatable bonds is 11. The van der Waals surface area contributed by atoms with Crippen LogP contribution in [0.25, 0.3) is 11.0 Å². The number of nitrogens with zero attached hydrogens (tertiary/aromatic N) is 5. The molecule has 0 unspecified atom stereocenters. The number of carbonyl (C=O) groups excluding carboxylic acids is 2. The van der Waals surface area contributed by atoms with Crippen LogP contribution in [-0.4, -0.2) is 72.2 Å². The zero-order valence-electron chi connectivity index (χ0n) is 26.8. The molecule has 0 spiro atoms. The second-order valence-corrected chi connectivity index (χ2v) is 11.3. The number of hydrogen-bond acceptors (Lipinski definition) is 8. The number of para-hydroxylation sites is 1. The third kappa shape index (κ3) is 7.05. The Labute approximate surface area is 273 Å². The maximum atomic E-state index is 14.5. The predicted octanol–water partition coefficient (Wildman–Crippen LogP) is 5.00. The minimum Gasteiger partial charge on any atom is -0.493 e. The smallest absolute Gasteiger partial charge is 0.251 e. The first kappa shape index (κ1) is 31.6. The number of morpholine rings is 1. The van der Waals surface area contributed by atoms with Gasteiger partial charge in [-0.15, -0.1) is 5.10 Å². The summed E-state index contributed by atoms with van der Waals surface area (Å²) in [6, 6.07) is 27.3. The monoisotopic (exact) mass is 634 g/mol. The highest BCUT2D eigenvalue weighted by molar-refractivity contribution is 5.98. The molecule has 6 rings (SSSR count). The molecule has 0 aliphatic carbocycles. The molecule has 47 heavy (non-hydrogen) atoms. The number of amides is 2. The topological polar surface area (TPSA) is 111 Å². The molecular weight excluding hydrogens is 596 g/mol. The number of hydrogen-bond donors (Lipinski definition) is 1. The van der Waals surface area contributed by atoms with Gasteiger partial charge in [0.1, 0.15) is 18.1 Å². The summed E-state index contributed by atoms with van der Waals surface area (Å²) in [5.74, 6) is 0.284. The quantitative estimate of drug-likeness (QED) is 0.216. The average Bonchev–Trinajstić information content (AvgIpc) is 3.51. The zero-order valence-corrected chi connectivity index (χ0v) is 26.8. The van der Waals surface area contributed by atoms with Gasteiger partial charge in [0.2, 0.25) is 5.91 Å². The van der Waals surface area contributed by atoms with Crippen LogP contribution < -0.4 is 19.7 Å². The summed E-state index contributed by atoms with van der Waals surface area (Å²) in [6.07, 6.45) is 0. The fraction of sp³-hybridized carbons (Fsp3) is 0.278. The largest absolute Gasteiger partial charge is 0.493 e. The van der Waals surface area contributed by atoms with Crippen molar-refractivity contribution in [2.45, 2.75) is 26.1 Å². The highest BCUT2D eigenvalue weighted by Gasteiger charge is 2.33. The van der Waals surface area contributed by atoms with Crippen LogP contribution >= 0.6 is 0 Å². The van der Waals surface area contributed by atoms with Crippen molar-refractivity contribution in [3.63, 3.8) is 0 Å². The first-order valence-electron chi connectivity index (χ1n) is 15.5. The lowest BCUT2D eigenvalue weighted by atomic mass is 10.0. The van der Waals surface area contributed by atoms with E-state index in [2.05, 4.69) is 20.5 Å². The number of anilines is 2. The van der Waals surface area contributed by atoms with Gasteiger partial charge in [-0.05, 0) is 72.1 Å². The van der Waals surface area contributed by atoms with Gasteiger partial charge in [0, 0.05) is 31.0 Å². The van der Waals surface area contributed by atoms with Gasteiger partial charge in [0.05, 0.1) is 33.0 Å². The van der Waals surface area contributed by atoms with Crippen LogP contribution in [0.4, 0.5) is 11.4 Å². The van der Waals surface area contributed by atoms with Gasteiger partial charge in [-0.3, -0.25) is 9.59 Å². The lowest BCUT2D eigenvalue weighted by Gasteiger charge is -2.32. The van der Waals surface area contributed by atoms with Crippen molar-refractivity contribution < 1.29 is 23.8 Å². The van der Waals surface area contributed by atoms with Crippen molar-refractivity contribution >= 4 is 34.2 Å². The first-order valence-corrected chi connectivity index (χ1v) is 15.5. The second kappa shape index (κ2) is 14.3. The molecule has 0 bridgehead atoms. The van der Waals surface area contributed by atoms with Crippen LogP contribution in [0.1, 0.15) is 22.7 Å². The Morgan fingerprint density at radius 2 is 1.64 bits per heavy atom. The van der Waals surface area contributed by atoms with Crippen molar-refractivity contribution in [2.24, 2.45) is 0 Å². The Kier molecular flexibility index (Phi) is 9.63. The highest BCUT2D eigenvalue weighted by Crippen LogP contribution is 2.34. The summed E-state index contributed by atoms with van der Waals surface area (Å²) in [5.41, 5.74) is 5.56. The molecule has 1 aromatic heterocycles. The molecule has 11 nitrogen and oxygen atoms in total. The van der Waals surface area contributed by atoms with Crippen LogP contribution in [-0.2, 0) is 27.4 Å². The maximum Gasteiger partial charge on any atom is 0.251 e. The molecule has 1 aliphatic heterocycles. The Balaban J connectivity index is 1.38. The molecule has 5 aromatic rings. The number of aromatic nitrogens is 3. The minimum atomic E-state index is -1.03. The number of ether oxygens (including phenoxy) is 3. The van der Waals surface area contributed by atoms with Crippen LogP contribution in [0.5, 0.6) is 11.5 Å². The van der Waals surface area contributed by atoms with Crippen molar-refractivity contribution in [1.82, 2.24) is 19.9 Å². The summed E-state index contributed by atoms with van der Waals surface area (Å²) in [5, 5.41) is 11.6. The fourth-order valence-corrected chi connectivity index (χ4v) is 5.83. The second-order valence-electron chi connectivity index (χ2n) is 11.3. The van der Waals surface area contributed by atoms with Crippen LogP contribution in [0.2, 0.25) is 0 Å². The van der Waals surface area contributed by atoms with Gasteiger partial charge < -0.3 is 29.3 Å². The van der Waals surface area contributed by atoms with E-state index in [-0.39, 0.29) is 24.9 Å². The third-order valence-electron chi connectivity index (χ3n) is 8.42. The highest BCUT2D eigenvalue weighted by atomic mass is 16.5. The van der Waals surface area contributed by atoms with Gasteiger partial charge in [0.15, 0.2) is 11.5 Å². The van der Waals surface area contributed by atoms with Crippen molar-refractivity contribution in [1.29, 1.82) is 0 Å². The predicted molar refractivity (Wildman–Crippen MR) is 180 cm³/mol. The van der Waals surface area contributed by atoms with Gasteiger partial charge in [-0.25, -0.2) is 4.68 Å². The molecule has 4 aromatic carbocycles. The van der Waals surface area contributed by atoms with E-state index in [9.17, 15) is 9.59 Å². The van der Waals surface area contributed by atoms with Gasteiger partial charge in [-0.1, -0.05) is 47.7 Å². The molecule has 242 valence electrons. The summed E-state index contributed by atoms with van der Waals surface area (Å²) in [4.78, 5) is 32.7. The molecule has 0 radical (unpaired) electrons. The van der Waals surface area contributed by atoms with E-state index in [4.69, 9.17) is 14.2 Å². The Morgan fingerprint density at radius 3 is 2.38 bits per heavy atom. The molecule has 1 N–H and O–H groups in total. The molecule has 0 saturated carbocycles. The standard InChI is InChI=1S/C36H38N6O5/c1-25-8-4-5-9-27(25)23-41(34(43)24-42-31-11-7-6-10-30(31)38-39-42)35(26-12-17-32(45-2)33(22-26)46-3)36(44)37-28-13-15-29(16-14-28)40-18-20-47-21-19-40/h4-17,22,35H,18-21,23-24H2,1-3H3,(H,37,44)/t35-/m1/s1. The van der Waals surface area contributed by atoms with E-state index >= 15 is 0 Å². The SMILES string of the molecule is COc1ccc([C@H](C(=O)Nc2ccc(N3CCOCC3)cc2)N(Cc2ccccc2C)C(=O)Cn2nnc3ccccc32)cc1OC. The van der Waals surface area contributed by atoms with E-state index in [1.54, 1.807) is 42.0 Å². The van der Waals surface area contributed by atoms with Crippen LogP contribution in [0, 0.1) is 6.92 Å². The van der Waals surface area contributed by atoms with E-state index < -0.39 is 6.04 Å². The number of aryl methyl sites for hydroxylation is 1. The maximum absolute atomic E-state index is 14.5. The molecule has 11 heteroatoms. The van der Waals surface area contributed by atoms with Gasteiger partial charge in [-0.2, -0.15) is 0 Å².